The Morgan fingerprint density at radius 3 is 0.756 bits per heavy atom. The van der Waals surface area contributed by atoms with Gasteiger partial charge in [0.15, 0.2) is 6.10 Å². The molecular formula is C76H128O6. The third-order valence-electron chi connectivity index (χ3n) is 14.7. The molecule has 0 aromatic carbocycles. The summed E-state index contributed by atoms with van der Waals surface area (Å²) in [4.78, 5) is 38.3. The van der Waals surface area contributed by atoms with Gasteiger partial charge in [-0.15, -0.1) is 0 Å². The summed E-state index contributed by atoms with van der Waals surface area (Å²) in [6, 6.07) is 0. The Kier molecular flexibility index (Phi) is 65.8. The predicted octanol–water partition coefficient (Wildman–Crippen LogP) is 23.9. The minimum Gasteiger partial charge on any atom is -0.462 e. The van der Waals surface area contributed by atoms with E-state index in [2.05, 4.69) is 142 Å². The minimum atomic E-state index is -0.788. The van der Waals surface area contributed by atoms with Crippen LogP contribution in [0.3, 0.4) is 0 Å². The lowest BCUT2D eigenvalue weighted by Gasteiger charge is -2.18. The minimum absolute atomic E-state index is 0.0825. The van der Waals surface area contributed by atoms with Crippen LogP contribution in [0.2, 0.25) is 0 Å². The zero-order chi connectivity index (χ0) is 59.2. The van der Waals surface area contributed by atoms with E-state index in [1.165, 1.54) is 148 Å². The van der Waals surface area contributed by atoms with Crippen LogP contribution in [0.25, 0.3) is 0 Å². The Bertz CT molecular complexity index is 1690. The Balaban J connectivity index is 4.27. The van der Waals surface area contributed by atoms with Crippen LogP contribution in [0.15, 0.2) is 122 Å². The van der Waals surface area contributed by atoms with Crippen molar-refractivity contribution >= 4 is 17.9 Å². The Labute approximate surface area is 507 Å². The lowest BCUT2D eigenvalue weighted by molar-refractivity contribution is -0.167. The lowest BCUT2D eigenvalue weighted by atomic mass is 10.0. The van der Waals surface area contributed by atoms with Crippen LogP contribution in [-0.2, 0) is 28.6 Å². The van der Waals surface area contributed by atoms with Crippen molar-refractivity contribution in [2.24, 2.45) is 0 Å². The fourth-order valence-corrected chi connectivity index (χ4v) is 9.55. The monoisotopic (exact) mass is 1140 g/mol. The molecule has 1 unspecified atom stereocenters. The Hall–Kier alpha value is -4.19. The van der Waals surface area contributed by atoms with E-state index in [1.807, 2.05) is 0 Å². The maximum absolute atomic E-state index is 12.9. The van der Waals surface area contributed by atoms with Gasteiger partial charge in [0.2, 0.25) is 0 Å². The van der Waals surface area contributed by atoms with Gasteiger partial charge in [-0.2, -0.15) is 0 Å². The maximum atomic E-state index is 12.9. The van der Waals surface area contributed by atoms with Gasteiger partial charge in [0, 0.05) is 19.3 Å². The van der Waals surface area contributed by atoms with E-state index < -0.39 is 6.10 Å². The molecule has 0 saturated carbocycles. The topological polar surface area (TPSA) is 78.9 Å². The SMILES string of the molecule is CC/C=C\C/C=C\C/C=C\C/C=C\C/C=C\C/C=C\C/C=C\C/C=C\C/C=C\CCCCCCCCCC(=O)OCC(COC(=O)CCCCCCCCCCCCCCCC)OC(=O)CCCCCCC/C=C\CCCCCCCC. The second-order valence-electron chi connectivity index (χ2n) is 22.7. The quantitative estimate of drug-likeness (QED) is 0.0261. The average Bonchev–Trinajstić information content (AvgIpc) is 3.48. The smallest absolute Gasteiger partial charge is 0.306 e. The number of allylic oxidation sites excluding steroid dienone is 20. The van der Waals surface area contributed by atoms with Crippen molar-refractivity contribution in [3.63, 3.8) is 0 Å². The summed E-state index contributed by atoms with van der Waals surface area (Å²) < 4.78 is 16.9. The van der Waals surface area contributed by atoms with Crippen molar-refractivity contribution in [2.75, 3.05) is 13.2 Å². The van der Waals surface area contributed by atoms with Crippen LogP contribution in [0.1, 0.15) is 323 Å². The summed E-state index contributed by atoms with van der Waals surface area (Å²) in [5.41, 5.74) is 0. The molecule has 0 bridgehead atoms. The maximum Gasteiger partial charge on any atom is 0.306 e. The van der Waals surface area contributed by atoms with Gasteiger partial charge < -0.3 is 14.2 Å². The van der Waals surface area contributed by atoms with Crippen LogP contribution < -0.4 is 0 Å². The number of carbonyl (C=O) groups excluding carboxylic acids is 3. The molecule has 0 radical (unpaired) electrons. The van der Waals surface area contributed by atoms with E-state index in [0.717, 1.165) is 135 Å². The van der Waals surface area contributed by atoms with Crippen molar-refractivity contribution in [2.45, 2.75) is 329 Å². The summed E-state index contributed by atoms with van der Waals surface area (Å²) in [7, 11) is 0. The van der Waals surface area contributed by atoms with Gasteiger partial charge in [-0.1, -0.05) is 309 Å². The molecule has 82 heavy (non-hydrogen) atoms. The molecule has 0 fully saturated rings. The van der Waals surface area contributed by atoms with Crippen molar-refractivity contribution in [3.05, 3.63) is 122 Å². The van der Waals surface area contributed by atoms with E-state index >= 15 is 0 Å². The first-order chi connectivity index (χ1) is 40.5. The number of hydrogen-bond donors (Lipinski definition) is 0. The highest BCUT2D eigenvalue weighted by molar-refractivity contribution is 5.71. The van der Waals surface area contributed by atoms with E-state index in [9.17, 15) is 14.4 Å². The third kappa shape index (κ3) is 66.6. The third-order valence-corrected chi connectivity index (χ3v) is 14.7. The highest BCUT2D eigenvalue weighted by atomic mass is 16.6. The van der Waals surface area contributed by atoms with E-state index in [0.29, 0.717) is 19.3 Å². The summed E-state index contributed by atoms with van der Waals surface area (Å²) in [5.74, 6) is -0.892. The van der Waals surface area contributed by atoms with Gasteiger partial charge >= 0.3 is 17.9 Å². The normalized spacial score (nSPS) is 12.9. The number of carbonyl (C=O) groups is 3. The molecular weight excluding hydrogens is 1010 g/mol. The number of rotatable bonds is 62. The summed E-state index contributed by atoms with van der Waals surface area (Å²) in [5, 5.41) is 0. The molecule has 0 saturated heterocycles. The molecule has 6 nitrogen and oxygen atoms in total. The molecule has 468 valence electrons. The molecule has 6 heteroatoms. The largest absolute Gasteiger partial charge is 0.462 e. The van der Waals surface area contributed by atoms with E-state index in [-0.39, 0.29) is 31.1 Å². The molecule has 0 aliphatic heterocycles. The zero-order valence-electron chi connectivity index (χ0n) is 53.7. The molecule has 0 aliphatic rings. The van der Waals surface area contributed by atoms with Crippen LogP contribution >= 0.6 is 0 Å². The van der Waals surface area contributed by atoms with Gasteiger partial charge in [-0.25, -0.2) is 0 Å². The van der Waals surface area contributed by atoms with Crippen LogP contribution in [0, 0.1) is 0 Å². The summed E-state index contributed by atoms with van der Waals surface area (Å²) in [6.07, 6.45) is 96.4. The predicted molar refractivity (Wildman–Crippen MR) is 357 cm³/mol. The molecule has 1 atom stereocenters. The number of ether oxygens (including phenoxy) is 3. The van der Waals surface area contributed by atoms with Crippen LogP contribution in [0.5, 0.6) is 0 Å². The second-order valence-corrected chi connectivity index (χ2v) is 22.7. The molecule has 0 aromatic rings. The Morgan fingerprint density at radius 2 is 0.476 bits per heavy atom. The standard InChI is InChI=1S/C76H128O6/c1-4-7-10-13-16-19-22-25-28-29-30-31-32-33-34-35-36-37-38-39-40-41-42-43-44-45-46-47-49-51-54-57-60-63-66-69-75(78)81-72-73(71-80-74(77)68-65-62-59-56-53-50-27-24-21-18-15-12-9-6-3)82-76(79)70-67-64-61-58-55-52-48-26-23-20-17-14-11-8-5-2/h7,10,16,19,25-26,28,30-31,33-34,36-37,39-40,42-43,45-46,48,73H,4-6,8-9,11-15,17-18,20-24,27,29,32,35,38,41,44,47,49-72H2,1-3H3/b10-7-,19-16-,28-25-,31-30-,34-33-,37-36-,40-39-,43-42-,46-45-,48-26-. The van der Waals surface area contributed by atoms with Gasteiger partial charge in [-0.05, 0) is 116 Å². The van der Waals surface area contributed by atoms with Crippen LogP contribution in [-0.4, -0.2) is 37.2 Å². The molecule has 0 spiro atoms. The fraction of sp³-hybridized carbons (Fsp3) is 0.697. The summed E-state index contributed by atoms with van der Waals surface area (Å²) >= 11 is 0. The number of hydrogen-bond acceptors (Lipinski definition) is 6. The first-order valence-electron chi connectivity index (χ1n) is 34.5. The first-order valence-corrected chi connectivity index (χ1v) is 34.5. The first kappa shape index (κ1) is 77.8. The molecule has 0 rings (SSSR count). The van der Waals surface area contributed by atoms with E-state index in [1.54, 1.807) is 0 Å². The van der Waals surface area contributed by atoms with Gasteiger partial charge in [0.1, 0.15) is 13.2 Å². The van der Waals surface area contributed by atoms with Crippen molar-refractivity contribution in [3.8, 4) is 0 Å². The molecule has 0 aliphatic carbocycles. The molecule has 0 heterocycles. The van der Waals surface area contributed by atoms with Crippen molar-refractivity contribution < 1.29 is 28.6 Å². The van der Waals surface area contributed by atoms with Crippen molar-refractivity contribution in [1.82, 2.24) is 0 Å². The zero-order valence-corrected chi connectivity index (χ0v) is 53.7. The highest BCUT2D eigenvalue weighted by Crippen LogP contribution is 2.16. The van der Waals surface area contributed by atoms with Crippen molar-refractivity contribution in [1.29, 1.82) is 0 Å². The molecule has 0 N–H and O–H groups in total. The van der Waals surface area contributed by atoms with Crippen LogP contribution in [0.4, 0.5) is 0 Å². The number of esters is 3. The lowest BCUT2D eigenvalue weighted by Crippen LogP contribution is -2.30. The second kappa shape index (κ2) is 69.3. The summed E-state index contributed by atoms with van der Waals surface area (Å²) in [6.45, 7) is 6.53. The van der Waals surface area contributed by atoms with Gasteiger partial charge in [-0.3, -0.25) is 14.4 Å². The van der Waals surface area contributed by atoms with E-state index in [4.69, 9.17) is 14.2 Å². The molecule has 0 amide bonds. The fourth-order valence-electron chi connectivity index (χ4n) is 9.55. The Morgan fingerprint density at radius 1 is 0.256 bits per heavy atom. The van der Waals surface area contributed by atoms with Gasteiger partial charge in [0.25, 0.3) is 0 Å². The average molecular weight is 1140 g/mol. The highest BCUT2D eigenvalue weighted by Gasteiger charge is 2.19. The number of unbranched alkanes of at least 4 members (excludes halogenated alkanes) is 31. The molecule has 0 aromatic heterocycles. The van der Waals surface area contributed by atoms with Gasteiger partial charge in [0.05, 0.1) is 0 Å².